The number of hydrogen-bond acceptors (Lipinski definition) is 3. The molecule has 0 aliphatic rings. The molecule has 0 atom stereocenters. The lowest BCUT2D eigenvalue weighted by atomic mass is 10.0. The van der Waals surface area contributed by atoms with E-state index in [9.17, 15) is 4.79 Å². The minimum Gasteiger partial charge on any atom is -0.462 e. The Hall–Kier alpha value is -1.22. The molecule has 4 heteroatoms. The zero-order valence-corrected chi connectivity index (χ0v) is 9.98. The maximum atomic E-state index is 11.4. The molecule has 0 bridgehead atoms. The third-order valence-corrected chi connectivity index (χ3v) is 2.16. The summed E-state index contributed by atoms with van der Waals surface area (Å²) in [6.07, 6.45) is 0. The van der Waals surface area contributed by atoms with E-state index in [0.717, 1.165) is 11.1 Å². The van der Waals surface area contributed by atoms with E-state index in [1.54, 1.807) is 19.1 Å². The molecule has 3 nitrogen and oxygen atoms in total. The van der Waals surface area contributed by atoms with Gasteiger partial charge >= 0.3 is 5.97 Å². The van der Waals surface area contributed by atoms with Gasteiger partial charge in [0, 0.05) is 5.69 Å². The number of ether oxygens (including phenoxy) is 1. The standard InChI is InChI=1S/C11H15NO2.ClH/c1-4-14-11(13)9-5-7(2)8(3)6-10(9)12;/h5-6H,4,12H2,1-3H3;1H. The fraction of sp³-hybridized carbons (Fsp3) is 0.364. The monoisotopic (exact) mass is 229 g/mol. The van der Waals surface area contributed by atoms with Gasteiger partial charge in [-0.3, -0.25) is 0 Å². The number of anilines is 1. The van der Waals surface area contributed by atoms with Crippen LogP contribution in [0.5, 0.6) is 0 Å². The van der Waals surface area contributed by atoms with Crippen LogP contribution in [0.2, 0.25) is 0 Å². The van der Waals surface area contributed by atoms with Gasteiger partial charge in [0.1, 0.15) is 0 Å². The van der Waals surface area contributed by atoms with Gasteiger partial charge in [-0.1, -0.05) is 0 Å². The van der Waals surface area contributed by atoms with Crippen molar-refractivity contribution in [2.75, 3.05) is 12.3 Å². The van der Waals surface area contributed by atoms with Crippen LogP contribution in [0.15, 0.2) is 12.1 Å². The average molecular weight is 230 g/mol. The number of halogens is 1. The van der Waals surface area contributed by atoms with Crippen molar-refractivity contribution in [1.82, 2.24) is 0 Å². The lowest BCUT2D eigenvalue weighted by molar-refractivity contribution is 0.0527. The van der Waals surface area contributed by atoms with Gasteiger partial charge in [-0.05, 0) is 44.0 Å². The first kappa shape index (κ1) is 13.8. The van der Waals surface area contributed by atoms with Gasteiger partial charge in [0.05, 0.1) is 12.2 Å². The third kappa shape index (κ3) is 3.13. The average Bonchev–Trinajstić information content (AvgIpc) is 2.11. The smallest absolute Gasteiger partial charge is 0.340 e. The Morgan fingerprint density at radius 2 is 1.87 bits per heavy atom. The second-order valence-corrected chi connectivity index (χ2v) is 3.24. The first-order valence-electron chi connectivity index (χ1n) is 4.60. The summed E-state index contributed by atoms with van der Waals surface area (Å²) >= 11 is 0. The Labute approximate surface area is 96.0 Å². The number of benzene rings is 1. The molecule has 0 fully saturated rings. The highest BCUT2D eigenvalue weighted by Gasteiger charge is 2.11. The molecule has 84 valence electrons. The summed E-state index contributed by atoms with van der Waals surface area (Å²) in [6, 6.07) is 3.56. The predicted molar refractivity (Wildman–Crippen MR) is 63.5 cm³/mol. The molecular formula is C11H16ClNO2. The first-order valence-corrected chi connectivity index (χ1v) is 4.60. The maximum Gasteiger partial charge on any atom is 0.340 e. The second kappa shape index (κ2) is 5.61. The Balaban J connectivity index is 0.00000196. The van der Waals surface area contributed by atoms with Gasteiger partial charge in [-0.25, -0.2) is 4.79 Å². The van der Waals surface area contributed by atoms with Crippen LogP contribution in [-0.2, 0) is 4.74 Å². The van der Waals surface area contributed by atoms with E-state index in [2.05, 4.69) is 0 Å². The number of carbonyl (C=O) groups excluding carboxylic acids is 1. The van der Waals surface area contributed by atoms with Crippen molar-refractivity contribution in [3.8, 4) is 0 Å². The Morgan fingerprint density at radius 1 is 1.33 bits per heavy atom. The maximum absolute atomic E-state index is 11.4. The van der Waals surface area contributed by atoms with Gasteiger partial charge in [-0.2, -0.15) is 0 Å². The van der Waals surface area contributed by atoms with E-state index in [0.29, 0.717) is 17.9 Å². The highest BCUT2D eigenvalue weighted by atomic mass is 35.5. The fourth-order valence-electron chi connectivity index (χ4n) is 1.22. The van der Waals surface area contributed by atoms with Crippen molar-refractivity contribution in [3.05, 3.63) is 28.8 Å². The van der Waals surface area contributed by atoms with Gasteiger partial charge in [0.2, 0.25) is 0 Å². The highest BCUT2D eigenvalue weighted by Crippen LogP contribution is 2.18. The summed E-state index contributed by atoms with van der Waals surface area (Å²) in [6.45, 7) is 6.04. The van der Waals surface area contributed by atoms with Gasteiger partial charge in [-0.15, -0.1) is 12.4 Å². The van der Waals surface area contributed by atoms with E-state index < -0.39 is 0 Å². The molecular weight excluding hydrogens is 214 g/mol. The zero-order chi connectivity index (χ0) is 10.7. The van der Waals surface area contributed by atoms with Crippen LogP contribution in [-0.4, -0.2) is 12.6 Å². The molecule has 0 unspecified atom stereocenters. The molecule has 0 aliphatic heterocycles. The zero-order valence-electron chi connectivity index (χ0n) is 9.16. The number of nitrogens with two attached hydrogens (primary N) is 1. The molecule has 0 aromatic heterocycles. The molecule has 0 heterocycles. The molecule has 0 saturated heterocycles. The number of carbonyl (C=O) groups is 1. The quantitative estimate of drug-likeness (QED) is 0.626. The van der Waals surface area contributed by atoms with Crippen LogP contribution in [0, 0.1) is 13.8 Å². The molecule has 1 aromatic carbocycles. The molecule has 0 spiro atoms. The summed E-state index contributed by atoms with van der Waals surface area (Å²) < 4.78 is 4.88. The van der Waals surface area contributed by atoms with Crippen molar-refractivity contribution in [2.24, 2.45) is 0 Å². The van der Waals surface area contributed by atoms with Gasteiger partial charge in [0.15, 0.2) is 0 Å². The van der Waals surface area contributed by atoms with Crippen molar-refractivity contribution in [2.45, 2.75) is 20.8 Å². The lowest BCUT2D eigenvalue weighted by Crippen LogP contribution is -2.08. The highest BCUT2D eigenvalue weighted by molar-refractivity contribution is 5.95. The second-order valence-electron chi connectivity index (χ2n) is 3.24. The largest absolute Gasteiger partial charge is 0.462 e. The number of nitrogen functional groups attached to an aromatic ring is 1. The van der Waals surface area contributed by atoms with Crippen LogP contribution < -0.4 is 5.73 Å². The molecule has 15 heavy (non-hydrogen) atoms. The van der Waals surface area contributed by atoms with E-state index in [-0.39, 0.29) is 18.4 Å². The molecule has 0 radical (unpaired) electrons. The van der Waals surface area contributed by atoms with Crippen LogP contribution in [0.4, 0.5) is 5.69 Å². The molecule has 1 aromatic rings. The molecule has 1 rings (SSSR count). The first-order chi connectivity index (χ1) is 6.56. The van der Waals surface area contributed by atoms with Crippen molar-refractivity contribution < 1.29 is 9.53 Å². The number of esters is 1. The number of aryl methyl sites for hydroxylation is 2. The molecule has 0 aliphatic carbocycles. The summed E-state index contributed by atoms with van der Waals surface area (Å²) in [5.74, 6) is -0.354. The number of hydrogen-bond donors (Lipinski definition) is 1. The van der Waals surface area contributed by atoms with Crippen molar-refractivity contribution >= 4 is 24.1 Å². The lowest BCUT2D eigenvalue weighted by Gasteiger charge is -2.08. The summed E-state index contributed by atoms with van der Waals surface area (Å²) in [7, 11) is 0. The van der Waals surface area contributed by atoms with Crippen molar-refractivity contribution in [1.29, 1.82) is 0 Å². The van der Waals surface area contributed by atoms with E-state index in [1.165, 1.54) is 0 Å². The van der Waals surface area contributed by atoms with Crippen LogP contribution in [0.25, 0.3) is 0 Å². The Kier molecular flexibility index (Phi) is 5.15. The Bertz CT molecular complexity index is 364. The minimum absolute atomic E-state index is 0. The Morgan fingerprint density at radius 3 is 2.40 bits per heavy atom. The van der Waals surface area contributed by atoms with Gasteiger partial charge in [0.25, 0.3) is 0 Å². The van der Waals surface area contributed by atoms with Crippen molar-refractivity contribution in [3.63, 3.8) is 0 Å². The van der Waals surface area contributed by atoms with Crippen LogP contribution in [0.1, 0.15) is 28.4 Å². The topological polar surface area (TPSA) is 52.3 Å². The summed E-state index contributed by atoms with van der Waals surface area (Å²) in [4.78, 5) is 11.4. The minimum atomic E-state index is -0.354. The number of rotatable bonds is 2. The van der Waals surface area contributed by atoms with E-state index >= 15 is 0 Å². The normalized spacial score (nSPS) is 9.27. The summed E-state index contributed by atoms with van der Waals surface area (Å²) in [5, 5.41) is 0. The van der Waals surface area contributed by atoms with Crippen LogP contribution >= 0.6 is 12.4 Å². The van der Waals surface area contributed by atoms with Crippen LogP contribution in [0.3, 0.4) is 0 Å². The fourth-order valence-corrected chi connectivity index (χ4v) is 1.22. The SMILES string of the molecule is CCOC(=O)c1cc(C)c(C)cc1N.Cl. The van der Waals surface area contributed by atoms with E-state index in [1.807, 2.05) is 13.8 Å². The molecule has 0 amide bonds. The molecule has 2 N–H and O–H groups in total. The third-order valence-electron chi connectivity index (χ3n) is 2.16. The predicted octanol–water partition coefficient (Wildman–Crippen LogP) is 2.48. The molecule has 0 saturated carbocycles. The summed E-state index contributed by atoms with van der Waals surface area (Å²) in [5.41, 5.74) is 8.78. The van der Waals surface area contributed by atoms with E-state index in [4.69, 9.17) is 10.5 Å². The van der Waals surface area contributed by atoms with Gasteiger partial charge < -0.3 is 10.5 Å².